The smallest absolute Gasteiger partial charge is 0.245 e. The quantitative estimate of drug-likeness (QED) is 0.751. The molecule has 0 unspecified atom stereocenters. The minimum Gasteiger partial charge on any atom is -0.367 e. The molecular weight excluding hydrogens is 256 g/mol. The van der Waals surface area contributed by atoms with Gasteiger partial charge in [-0.3, -0.25) is 9.89 Å². The number of aromatic nitrogens is 4. The van der Waals surface area contributed by atoms with Crippen LogP contribution >= 0.6 is 0 Å². The van der Waals surface area contributed by atoms with Gasteiger partial charge in [-0.05, 0) is 19.9 Å². The van der Waals surface area contributed by atoms with E-state index >= 15 is 0 Å². The maximum atomic E-state index is 11.8. The molecular formula is C13H18N6O. The molecule has 106 valence electrons. The van der Waals surface area contributed by atoms with Gasteiger partial charge < -0.3 is 15.2 Å². The van der Waals surface area contributed by atoms with E-state index in [0.29, 0.717) is 23.4 Å². The largest absolute Gasteiger partial charge is 0.367 e. The van der Waals surface area contributed by atoms with Crippen LogP contribution in [-0.4, -0.2) is 46.3 Å². The topological polar surface area (TPSA) is 89.7 Å². The molecule has 0 spiro atoms. The lowest BCUT2D eigenvalue weighted by Crippen LogP contribution is -2.41. The van der Waals surface area contributed by atoms with Gasteiger partial charge in [-0.25, -0.2) is 0 Å². The summed E-state index contributed by atoms with van der Waals surface area (Å²) in [6, 6.07) is 2.05. The zero-order valence-electron chi connectivity index (χ0n) is 11.4. The molecule has 2 aromatic rings. The number of piperidine rings is 1. The third kappa shape index (κ3) is 2.44. The van der Waals surface area contributed by atoms with Crippen LogP contribution in [0.2, 0.25) is 0 Å². The molecule has 0 amide bonds. The summed E-state index contributed by atoms with van der Waals surface area (Å²) in [6.07, 6.45) is 5.39. The highest BCUT2D eigenvalue weighted by molar-refractivity contribution is 5.54. The summed E-state index contributed by atoms with van der Waals surface area (Å²) in [5.74, 6) is 1.18. The van der Waals surface area contributed by atoms with Crippen molar-refractivity contribution in [2.24, 2.45) is 0 Å². The monoisotopic (exact) mass is 274 g/mol. The highest BCUT2D eigenvalue weighted by Crippen LogP contribution is 2.18. The average Bonchev–Trinajstić information content (AvgIpc) is 2.97. The lowest BCUT2D eigenvalue weighted by atomic mass is 10.1. The fourth-order valence-electron chi connectivity index (χ4n) is 2.48. The molecule has 0 aliphatic carbocycles. The molecule has 3 N–H and O–H groups in total. The summed E-state index contributed by atoms with van der Waals surface area (Å²) in [6.45, 7) is 1.85. The molecule has 7 nitrogen and oxygen atoms in total. The molecule has 0 atom stereocenters. The molecule has 1 aliphatic rings. The van der Waals surface area contributed by atoms with E-state index in [1.54, 1.807) is 12.4 Å². The van der Waals surface area contributed by atoms with Gasteiger partial charge in [-0.1, -0.05) is 0 Å². The minimum atomic E-state index is -0.0691. The number of nitrogens with zero attached hydrogens (tertiary/aromatic N) is 3. The number of rotatable bonds is 3. The predicted molar refractivity (Wildman–Crippen MR) is 76.7 cm³/mol. The van der Waals surface area contributed by atoms with Gasteiger partial charge in [0.2, 0.25) is 5.95 Å². The molecule has 0 bridgehead atoms. The molecule has 1 saturated heterocycles. The Balaban J connectivity index is 1.78. The van der Waals surface area contributed by atoms with Crippen molar-refractivity contribution in [3.8, 4) is 11.4 Å². The van der Waals surface area contributed by atoms with E-state index in [1.807, 2.05) is 7.05 Å². The normalized spacial score (nSPS) is 16.6. The van der Waals surface area contributed by atoms with Gasteiger partial charge in [0.1, 0.15) is 0 Å². The Bertz CT molecular complexity index is 626. The number of nitrogens with one attached hydrogen (secondary N) is 3. The van der Waals surface area contributed by atoms with E-state index in [9.17, 15) is 4.79 Å². The Kier molecular flexibility index (Phi) is 3.51. The molecule has 3 rings (SSSR count). The molecule has 7 heteroatoms. The molecule has 0 radical (unpaired) electrons. The zero-order chi connectivity index (χ0) is 13.9. The van der Waals surface area contributed by atoms with Crippen molar-refractivity contribution in [1.82, 2.24) is 25.5 Å². The first-order chi connectivity index (χ1) is 9.78. The molecule has 0 aromatic carbocycles. The second-order valence-corrected chi connectivity index (χ2v) is 4.96. The Morgan fingerprint density at radius 2 is 2.20 bits per heavy atom. The summed E-state index contributed by atoms with van der Waals surface area (Å²) < 4.78 is 0. The number of hydrogen-bond donors (Lipinski definition) is 3. The molecule has 1 fully saturated rings. The number of hydrogen-bond acceptors (Lipinski definition) is 5. The molecule has 20 heavy (non-hydrogen) atoms. The van der Waals surface area contributed by atoms with Crippen LogP contribution in [0.5, 0.6) is 0 Å². The highest BCUT2D eigenvalue weighted by Gasteiger charge is 2.21. The van der Waals surface area contributed by atoms with Gasteiger partial charge in [-0.2, -0.15) is 4.98 Å². The summed E-state index contributed by atoms with van der Waals surface area (Å²) in [5.41, 5.74) is 0.441. The minimum absolute atomic E-state index is 0.0691. The number of anilines is 1. The van der Waals surface area contributed by atoms with Gasteiger partial charge in [-0.15, -0.1) is 5.10 Å². The van der Waals surface area contributed by atoms with E-state index in [4.69, 9.17) is 0 Å². The van der Waals surface area contributed by atoms with Gasteiger partial charge >= 0.3 is 0 Å². The number of H-pyrrole nitrogens is 2. The van der Waals surface area contributed by atoms with E-state index in [0.717, 1.165) is 25.9 Å². The van der Waals surface area contributed by atoms with Crippen LogP contribution in [0.15, 0.2) is 23.3 Å². The second kappa shape index (κ2) is 5.46. The first kappa shape index (κ1) is 12.9. The molecule has 2 aromatic heterocycles. The van der Waals surface area contributed by atoms with E-state index in [-0.39, 0.29) is 5.43 Å². The lowest BCUT2D eigenvalue weighted by Gasteiger charge is -2.30. The average molecular weight is 274 g/mol. The fraction of sp³-hybridized carbons (Fsp3) is 0.462. The first-order valence-electron chi connectivity index (χ1n) is 6.80. The maximum absolute atomic E-state index is 11.8. The fourth-order valence-corrected chi connectivity index (χ4v) is 2.48. The standard InChI is InChI=1S/C13H18N6O/c1-14-9-3-6-19(7-4-9)13-16-12(17-18-13)10-8-15-5-2-11(10)20/h2,5,8-9,14H,3-4,6-7H2,1H3,(H,15,20)(H,16,17,18). The van der Waals surface area contributed by atoms with Crippen LogP contribution in [0.1, 0.15) is 12.8 Å². The van der Waals surface area contributed by atoms with E-state index in [1.165, 1.54) is 6.07 Å². The van der Waals surface area contributed by atoms with Crippen LogP contribution in [0.25, 0.3) is 11.4 Å². The molecule has 1 aliphatic heterocycles. The summed E-state index contributed by atoms with van der Waals surface area (Å²) in [4.78, 5) is 21.2. The predicted octanol–water partition coefficient (Wildman–Crippen LogP) is 0.348. The van der Waals surface area contributed by atoms with Crippen molar-refractivity contribution in [1.29, 1.82) is 0 Å². The van der Waals surface area contributed by atoms with E-state index in [2.05, 4.69) is 30.4 Å². The highest BCUT2D eigenvalue weighted by atomic mass is 16.1. The van der Waals surface area contributed by atoms with Gasteiger partial charge in [0.25, 0.3) is 0 Å². The van der Waals surface area contributed by atoms with E-state index < -0.39 is 0 Å². The van der Waals surface area contributed by atoms with Gasteiger partial charge in [0.05, 0.1) is 5.56 Å². The molecule has 3 heterocycles. The Morgan fingerprint density at radius 3 is 2.90 bits per heavy atom. The Hall–Kier alpha value is -2.15. The maximum Gasteiger partial charge on any atom is 0.245 e. The zero-order valence-corrected chi connectivity index (χ0v) is 11.4. The molecule has 0 saturated carbocycles. The number of pyridine rings is 1. The van der Waals surface area contributed by atoms with Crippen molar-refractivity contribution < 1.29 is 0 Å². The van der Waals surface area contributed by atoms with Crippen LogP contribution in [-0.2, 0) is 0 Å². The Morgan fingerprint density at radius 1 is 1.40 bits per heavy atom. The van der Waals surface area contributed by atoms with Crippen LogP contribution in [0, 0.1) is 0 Å². The van der Waals surface area contributed by atoms with Crippen LogP contribution in [0.3, 0.4) is 0 Å². The van der Waals surface area contributed by atoms with Crippen LogP contribution in [0.4, 0.5) is 5.95 Å². The number of aromatic amines is 2. The first-order valence-corrected chi connectivity index (χ1v) is 6.80. The van der Waals surface area contributed by atoms with Crippen LogP contribution < -0.4 is 15.6 Å². The Labute approximate surface area is 116 Å². The summed E-state index contributed by atoms with van der Waals surface area (Å²) in [5, 5.41) is 10.4. The summed E-state index contributed by atoms with van der Waals surface area (Å²) >= 11 is 0. The van der Waals surface area contributed by atoms with Crippen molar-refractivity contribution in [2.45, 2.75) is 18.9 Å². The second-order valence-electron chi connectivity index (χ2n) is 4.96. The van der Waals surface area contributed by atoms with Crippen molar-refractivity contribution in [3.05, 3.63) is 28.7 Å². The van der Waals surface area contributed by atoms with Crippen molar-refractivity contribution in [3.63, 3.8) is 0 Å². The summed E-state index contributed by atoms with van der Waals surface area (Å²) in [7, 11) is 1.99. The van der Waals surface area contributed by atoms with Crippen molar-refractivity contribution in [2.75, 3.05) is 25.0 Å². The van der Waals surface area contributed by atoms with Gasteiger partial charge in [0, 0.05) is 37.6 Å². The van der Waals surface area contributed by atoms with Gasteiger partial charge in [0.15, 0.2) is 11.3 Å². The lowest BCUT2D eigenvalue weighted by molar-refractivity contribution is 0.439. The van der Waals surface area contributed by atoms with Crippen molar-refractivity contribution >= 4 is 5.95 Å². The third-order valence-corrected chi connectivity index (χ3v) is 3.74. The third-order valence-electron chi connectivity index (χ3n) is 3.74. The SMILES string of the molecule is CNC1CCN(c2n[nH]c(-c3c[nH]ccc3=O)n2)CC1.